The third-order valence-electron chi connectivity index (χ3n) is 2.74. The predicted molar refractivity (Wildman–Crippen MR) is 70.4 cm³/mol. The molecule has 2 aromatic rings. The van der Waals surface area contributed by atoms with Crippen molar-refractivity contribution in [3.63, 3.8) is 0 Å². The van der Waals surface area contributed by atoms with Crippen molar-refractivity contribution < 1.29 is 9.90 Å². The van der Waals surface area contributed by atoms with E-state index in [1.807, 2.05) is 43.1 Å². The zero-order valence-corrected chi connectivity index (χ0v) is 10.3. The van der Waals surface area contributed by atoms with Gasteiger partial charge in [0.2, 0.25) is 0 Å². The van der Waals surface area contributed by atoms with E-state index in [0.29, 0.717) is 5.69 Å². The number of carbonyl (C=O) groups is 1. The van der Waals surface area contributed by atoms with Crippen LogP contribution in [0.3, 0.4) is 0 Å². The summed E-state index contributed by atoms with van der Waals surface area (Å²) in [6.45, 7) is 2.00. The van der Waals surface area contributed by atoms with Crippen molar-refractivity contribution in [1.82, 2.24) is 4.98 Å². The van der Waals surface area contributed by atoms with E-state index >= 15 is 0 Å². The Morgan fingerprint density at radius 2 is 2.06 bits per heavy atom. The molecule has 1 aromatic carbocycles. The Kier molecular flexibility index (Phi) is 3.28. The van der Waals surface area contributed by atoms with E-state index in [4.69, 9.17) is 5.11 Å². The molecule has 4 heteroatoms. The van der Waals surface area contributed by atoms with Gasteiger partial charge in [-0.05, 0) is 36.8 Å². The summed E-state index contributed by atoms with van der Waals surface area (Å²) in [4.78, 5) is 16.9. The van der Waals surface area contributed by atoms with Gasteiger partial charge in [0.25, 0.3) is 0 Å². The summed E-state index contributed by atoms with van der Waals surface area (Å²) in [6.07, 6.45) is 1.48. The first-order chi connectivity index (χ1) is 8.59. The van der Waals surface area contributed by atoms with Gasteiger partial charge in [-0.1, -0.05) is 12.1 Å². The van der Waals surface area contributed by atoms with Crippen molar-refractivity contribution in [3.8, 4) is 0 Å². The van der Waals surface area contributed by atoms with Crippen LogP contribution < -0.4 is 4.90 Å². The van der Waals surface area contributed by atoms with Gasteiger partial charge in [-0.2, -0.15) is 0 Å². The molecule has 0 fully saturated rings. The number of hydrogen-bond donors (Lipinski definition) is 1. The molecule has 0 atom stereocenters. The highest BCUT2D eigenvalue weighted by molar-refractivity contribution is 5.93. The van der Waals surface area contributed by atoms with E-state index in [1.54, 1.807) is 12.1 Å². The van der Waals surface area contributed by atoms with Crippen LogP contribution in [-0.2, 0) is 0 Å². The summed E-state index contributed by atoms with van der Waals surface area (Å²) < 4.78 is 0. The van der Waals surface area contributed by atoms with Crippen molar-refractivity contribution in [1.29, 1.82) is 0 Å². The summed E-state index contributed by atoms with van der Waals surface area (Å²) in [5.74, 6) is -1.02. The van der Waals surface area contributed by atoms with Crippen molar-refractivity contribution >= 4 is 17.3 Å². The number of carboxylic acid groups (broad SMARTS) is 1. The highest BCUT2D eigenvalue weighted by Crippen LogP contribution is 2.26. The molecule has 0 aliphatic rings. The molecule has 0 amide bonds. The molecule has 0 aliphatic carbocycles. The lowest BCUT2D eigenvalue weighted by molar-refractivity contribution is 0.0691. The van der Waals surface area contributed by atoms with Crippen molar-refractivity contribution in [3.05, 3.63) is 53.9 Å². The van der Waals surface area contributed by atoms with Crippen LogP contribution in [0, 0.1) is 6.92 Å². The number of hydrogen-bond acceptors (Lipinski definition) is 3. The molecule has 2 rings (SSSR count). The van der Waals surface area contributed by atoms with E-state index in [0.717, 1.165) is 11.3 Å². The van der Waals surface area contributed by atoms with Crippen molar-refractivity contribution in [2.45, 2.75) is 6.92 Å². The van der Waals surface area contributed by atoms with Crippen LogP contribution in [0.15, 0.2) is 42.6 Å². The molecule has 92 valence electrons. The Morgan fingerprint density at radius 1 is 1.28 bits per heavy atom. The topological polar surface area (TPSA) is 53.4 Å². The van der Waals surface area contributed by atoms with Crippen LogP contribution in [-0.4, -0.2) is 23.1 Å². The van der Waals surface area contributed by atoms with E-state index in [9.17, 15) is 4.79 Å². The Hall–Kier alpha value is -2.36. The van der Waals surface area contributed by atoms with Gasteiger partial charge in [0, 0.05) is 18.9 Å². The average molecular weight is 242 g/mol. The van der Waals surface area contributed by atoms with E-state index < -0.39 is 5.97 Å². The van der Waals surface area contributed by atoms with Gasteiger partial charge in [0.15, 0.2) is 5.69 Å². The predicted octanol–water partition coefficient (Wildman–Crippen LogP) is 2.86. The second kappa shape index (κ2) is 4.87. The molecule has 0 saturated carbocycles. The summed E-state index contributed by atoms with van der Waals surface area (Å²) in [5.41, 5.74) is 2.70. The zero-order chi connectivity index (χ0) is 13.1. The van der Waals surface area contributed by atoms with Crippen LogP contribution in [0.1, 0.15) is 16.1 Å². The fraction of sp³-hybridized carbons (Fsp3) is 0.143. The lowest BCUT2D eigenvalue weighted by Gasteiger charge is -2.21. The Balaban J connectivity index is 2.46. The smallest absolute Gasteiger partial charge is 0.356 e. The molecule has 0 unspecified atom stereocenters. The number of anilines is 2. The molecule has 1 N–H and O–H groups in total. The van der Waals surface area contributed by atoms with Crippen molar-refractivity contribution in [2.75, 3.05) is 11.9 Å². The maximum Gasteiger partial charge on any atom is 0.356 e. The maximum atomic E-state index is 11.1. The van der Waals surface area contributed by atoms with E-state index in [2.05, 4.69) is 4.98 Å². The fourth-order valence-electron chi connectivity index (χ4n) is 1.81. The molecule has 1 aromatic heterocycles. The summed E-state index contributed by atoms with van der Waals surface area (Å²) >= 11 is 0. The third-order valence-corrected chi connectivity index (χ3v) is 2.74. The molecule has 0 spiro atoms. The second-order valence-electron chi connectivity index (χ2n) is 4.07. The Labute approximate surface area is 106 Å². The SMILES string of the molecule is Cc1cccc(N(C)c2cccnc2C(=O)O)c1. The first-order valence-corrected chi connectivity index (χ1v) is 5.58. The standard InChI is InChI=1S/C14H14N2O2/c1-10-5-3-6-11(9-10)16(2)12-7-4-8-15-13(12)14(17)18/h3-9H,1-2H3,(H,17,18). The van der Waals surface area contributed by atoms with Gasteiger partial charge in [-0.3, -0.25) is 0 Å². The maximum absolute atomic E-state index is 11.1. The van der Waals surface area contributed by atoms with E-state index in [-0.39, 0.29) is 5.69 Å². The quantitative estimate of drug-likeness (QED) is 0.899. The van der Waals surface area contributed by atoms with E-state index in [1.165, 1.54) is 6.20 Å². The molecule has 4 nitrogen and oxygen atoms in total. The van der Waals surface area contributed by atoms with Crippen molar-refractivity contribution in [2.24, 2.45) is 0 Å². The zero-order valence-electron chi connectivity index (χ0n) is 10.3. The number of benzene rings is 1. The molecular formula is C14H14N2O2. The summed E-state index contributed by atoms with van der Waals surface area (Å²) in [7, 11) is 1.83. The van der Waals surface area contributed by atoms with Gasteiger partial charge in [0.1, 0.15) is 0 Å². The van der Waals surface area contributed by atoms with Gasteiger partial charge in [-0.25, -0.2) is 9.78 Å². The normalized spacial score (nSPS) is 10.1. The largest absolute Gasteiger partial charge is 0.476 e. The summed E-state index contributed by atoms with van der Waals surface area (Å²) in [5, 5.41) is 9.13. The first kappa shape index (κ1) is 12.1. The molecule has 0 radical (unpaired) electrons. The van der Waals surface area contributed by atoms with Gasteiger partial charge >= 0.3 is 5.97 Å². The average Bonchev–Trinajstić information content (AvgIpc) is 2.38. The molecule has 0 saturated heterocycles. The van der Waals surface area contributed by atoms with Crippen LogP contribution in [0.2, 0.25) is 0 Å². The van der Waals surface area contributed by atoms with Gasteiger partial charge < -0.3 is 10.0 Å². The molecular weight excluding hydrogens is 228 g/mol. The number of nitrogens with zero attached hydrogens (tertiary/aromatic N) is 2. The number of pyridine rings is 1. The number of aromatic carboxylic acids is 1. The molecule has 0 aliphatic heterocycles. The number of aryl methyl sites for hydroxylation is 1. The van der Waals surface area contributed by atoms with Crippen LogP contribution in [0.5, 0.6) is 0 Å². The number of aromatic nitrogens is 1. The van der Waals surface area contributed by atoms with Gasteiger partial charge in [-0.15, -0.1) is 0 Å². The summed E-state index contributed by atoms with van der Waals surface area (Å²) in [6, 6.07) is 11.4. The second-order valence-corrected chi connectivity index (χ2v) is 4.07. The minimum absolute atomic E-state index is 0.0570. The minimum Gasteiger partial charge on any atom is -0.476 e. The number of rotatable bonds is 3. The number of carboxylic acids is 1. The van der Waals surface area contributed by atoms with Gasteiger partial charge in [0.05, 0.1) is 5.69 Å². The highest BCUT2D eigenvalue weighted by Gasteiger charge is 2.15. The monoisotopic (exact) mass is 242 g/mol. The van der Waals surface area contributed by atoms with Crippen LogP contribution in [0.25, 0.3) is 0 Å². The van der Waals surface area contributed by atoms with Crippen LogP contribution in [0.4, 0.5) is 11.4 Å². The first-order valence-electron chi connectivity index (χ1n) is 5.58. The molecule has 1 heterocycles. The minimum atomic E-state index is -1.02. The van der Waals surface area contributed by atoms with Crippen LogP contribution >= 0.6 is 0 Å². The molecule has 0 bridgehead atoms. The lowest BCUT2D eigenvalue weighted by atomic mass is 10.2. The lowest BCUT2D eigenvalue weighted by Crippen LogP contribution is -2.15. The third kappa shape index (κ3) is 2.32. The Bertz CT molecular complexity index is 582. The molecule has 18 heavy (non-hydrogen) atoms. The Morgan fingerprint density at radius 3 is 2.72 bits per heavy atom. The fourth-order valence-corrected chi connectivity index (χ4v) is 1.81. The highest BCUT2D eigenvalue weighted by atomic mass is 16.4.